The quantitative estimate of drug-likeness (QED) is 0.833. The van der Waals surface area contributed by atoms with Crippen molar-refractivity contribution in [2.75, 3.05) is 20.1 Å². The number of nitrogens with zero attached hydrogens (tertiary/aromatic N) is 1. The number of hydrogen-bond acceptors (Lipinski definition) is 2. The highest BCUT2D eigenvalue weighted by Crippen LogP contribution is 2.31. The lowest BCUT2D eigenvalue weighted by atomic mass is 9.80. The summed E-state index contributed by atoms with van der Waals surface area (Å²) in [6.45, 7) is 4.26. The van der Waals surface area contributed by atoms with Crippen LogP contribution in [0.3, 0.4) is 0 Å². The number of hydrogen-bond donors (Lipinski definition) is 1. The number of likely N-dealkylation sites (tertiary alicyclic amines) is 1. The number of carbonyl (C=O) groups excluding carboxylic acids is 1. The summed E-state index contributed by atoms with van der Waals surface area (Å²) in [6.07, 6.45) is 8.35. The first-order valence-electron chi connectivity index (χ1n) is 7.64. The summed E-state index contributed by atoms with van der Waals surface area (Å²) in [7, 11) is 1.98. The maximum atomic E-state index is 12.4. The Hall–Kier alpha value is -0.570. The van der Waals surface area contributed by atoms with Gasteiger partial charge < -0.3 is 10.2 Å². The summed E-state index contributed by atoms with van der Waals surface area (Å²) in [6, 6.07) is 0.448. The fraction of sp³-hybridized carbons (Fsp3) is 0.933. The minimum Gasteiger partial charge on any atom is -0.338 e. The van der Waals surface area contributed by atoms with Crippen molar-refractivity contribution in [3.05, 3.63) is 0 Å². The molecule has 1 saturated carbocycles. The number of carbonyl (C=O) groups is 1. The van der Waals surface area contributed by atoms with Crippen LogP contribution in [0.1, 0.15) is 51.9 Å². The third-order valence-corrected chi connectivity index (χ3v) is 4.65. The van der Waals surface area contributed by atoms with Crippen LogP contribution >= 0.6 is 0 Å². The largest absolute Gasteiger partial charge is 0.338 e. The van der Waals surface area contributed by atoms with Crippen LogP contribution in [-0.4, -0.2) is 37.0 Å². The lowest BCUT2D eigenvalue weighted by molar-refractivity contribution is -0.133. The fourth-order valence-corrected chi connectivity index (χ4v) is 3.72. The van der Waals surface area contributed by atoms with Gasteiger partial charge in [0.1, 0.15) is 0 Å². The number of amides is 1. The van der Waals surface area contributed by atoms with Gasteiger partial charge in [0.15, 0.2) is 0 Å². The summed E-state index contributed by atoms with van der Waals surface area (Å²) in [5.41, 5.74) is 0. The molecular formula is C15H28N2O. The molecule has 1 saturated heterocycles. The minimum atomic E-state index is 0.409. The zero-order valence-corrected chi connectivity index (χ0v) is 12.0. The van der Waals surface area contributed by atoms with Crippen molar-refractivity contribution in [3.8, 4) is 0 Å². The minimum absolute atomic E-state index is 0.409. The Balaban J connectivity index is 1.83. The van der Waals surface area contributed by atoms with E-state index in [0.29, 0.717) is 17.9 Å². The third-order valence-electron chi connectivity index (χ3n) is 4.65. The monoisotopic (exact) mass is 252 g/mol. The van der Waals surface area contributed by atoms with E-state index in [9.17, 15) is 4.79 Å². The van der Waals surface area contributed by atoms with Crippen LogP contribution in [0.25, 0.3) is 0 Å². The van der Waals surface area contributed by atoms with Gasteiger partial charge in [-0.3, -0.25) is 4.79 Å². The Kier molecular flexibility index (Phi) is 5.04. The SMILES string of the molecule is CNC[C@@H]1CCCN1C(=O)C[C@H]1CCC[C@@H](C)C1. The standard InChI is InChI=1S/C15H28N2O/c1-12-5-3-6-13(9-12)10-15(18)17-8-4-7-14(17)11-16-2/h12-14,16H,3-11H2,1-2H3/t12-,13+,14+/m1/s1. The maximum Gasteiger partial charge on any atom is 0.223 e. The second kappa shape index (κ2) is 6.55. The average Bonchev–Trinajstić information content (AvgIpc) is 2.78. The van der Waals surface area contributed by atoms with Crippen LogP contribution in [0.2, 0.25) is 0 Å². The summed E-state index contributed by atoms with van der Waals surface area (Å²) in [4.78, 5) is 14.5. The van der Waals surface area contributed by atoms with Crippen LogP contribution in [0, 0.1) is 11.8 Å². The van der Waals surface area contributed by atoms with Crippen molar-refractivity contribution in [2.24, 2.45) is 11.8 Å². The van der Waals surface area contributed by atoms with Gasteiger partial charge in [0.2, 0.25) is 5.91 Å². The summed E-state index contributed by atoms with van der Waals surface area (Å²) in [5.74, 6) is 1.88. The van der Waals surface area contributed by atoms with Gasteiger partial charge in [0.05, 0.1) is 0 Å². The highest BCUT2D eigenvalue weighted by Gasteiger charge is 2.30. The molecule has 0 aromatic carbocycles. The maximum absolute atomic E-state index is 12.4. The van der Waals surface area contributed by atoms with E-state index in [1.165, 1.54) is 38.5 Å². The summed E-state index contributed by atoms with van der Waals surface area (Å²) in [5, 5.41) is 3.21. The topological polar surface area (TPSA) is 32.3 Å². The van der Waals surface area contributed by atoms with Gasteiger partial charge in [-0.1, -0.05) is 19.8 Å². The smallest absolute Gasteiger partial charge is 0.223 e. The first-order valence-corrected chi connectivity index (χ1v) is 7.64. The Morgan fingerprint density at radius 2 is 2.11 bits per heavy atom. The molecule has 1 heterocycles. The van der Waals surface area contributed by atoms with Crippen LogP contribution < -0.4 is 5.32 Å². The highest BCUT2D eigenvalue weighted by atomic mass is 16.2. The van der Waals surface area contributed by atoms with Crippen LogP contribution in [0.5, 0.6) is 0 Å². The van der Waals surface area contributed by atoms with Crippen molar-refractivity contribution < 1.29 is 4.79 Å². The molecule has 2 aliphatic rings. The highest BCUT2D eigenvalue weighted by molar-refractivity contribution is 5.77. The predicted octanol–water partition coefficient (Wildman–Crippen LogP) is 2.41. The van der Waals surface area contributed by atoms with Gasteiger partial charge in [0.25, 0.3) is 0 Å². The summed E-state index contributed by atoms with van der Waals surface area (Å²) < 4.78 is 0. The molecular weight excluding hydrogens is 224 g/mol. The van der Waals surface area contributed by atoms with E-state index in [1.54, 1.807) is 0 Å². The molecule has 1 amide bonds. The molecule has 3 nitrogen and oxygen atoms in total. The third kappa shape index (κ3) is 3.47. The number of nitrogens with one attached hydrogen (secondary N) is 1. The molecule has 2 fully saturated rings. The predicted molar refractivity (Wildman–Crippen MR) is 74.4 cm³/mol. The Morgan fingerprint density at radius 1 is 1.28 bits per heavy atom. The van der Waals surface area contributed by atoms with Gasteiger partial charge >= 0.3 is 0 Å². The first-order chi connectivity index (χ1) is 8.70. The molecule has 3 atom stereocenters. The van der Waals surface area contributed by atoms with E-state index >= 15 is 0 Å². The van der Waals surface area contributed by atoms with Crippen molar-refractivity contribution >= 4 is 5.91 Å². The lowest BCUT2D eigenvalue weighted by Gasteiger charge is -2.30. The van der Waals surface area contributed by atoms with Crippen LogP contribution in [-0.2, 0) is 4.79 Å². The van der Waals surface area contributed by atoms with Crippen molar-refractivity contribution in [1.29, 1.82) is 0 Å². The second-order valence-electron chi connectivity index (χ2n) is 6.28. The van der Waals surface area contributed by atoms with E-state index < -0.39 is 0 Å². The molecule has 0 aromatic rings. The molecule has 104 valence electrons. The van der Waals surface area contributed by atoms with Crippen LogP contribution in [0.4, 0.5) is 0 Å². The van der Waals surface area contributed by atoms with Crippen molar-refractivity contribution in [1.82, 2.24) is 10.2 Å². The number of likely N-dealkylation sites (N-methyl/N-ethyl adjacent to an activating group) is 1. The van der Waals surface area contributed by atoms with E-state index in [0.717, 1.165) is 25.4 Å². The molecule has 0 aromatic heterocycles. The molecule has 0 bridgehead atoms. The Labute approximate surface area is 111 Å². The Morgan fingerprint density at radius 3 is 2.83 bits per heavy atom. The fourth-order valence-electron chi connectivity index (χ4n) is 3.72. The van der Waals surface area contributed by atoms with Crippen LogP contribution in [0.15, 0.2) is 0 Å². The molecule has 1 aliphatic carbocycles. The van der Waals surface area contributed by atoms with Gasteiger partial charge in [-0.15, -0.1) is 0 Å². The average molecular weight is 252 g/mol. The molecule has 1 N–H and O–H groups in total. The molecule has 3 heteroatoms. The van der Waals surface area contributed by atoms with E-state index in [-0.39, 0.29) is 0 Å². The Bertz CT molecular complexity index is 280. The zero-order chi connectivity index (χ0) is 13.0. The number of rotatable bonds is 4. The van der Waals surface area contributed by atoms with Crippen molar-refractivity contribution in [3.63, 3.8) is 0 Å². The van der Waals surface area contributed by atoms with Crippen molar-refractivity contribution in [2.45, 2.75) is 57.9 Å². The van der Waals surface area contributed by atoms with Gasteiger partial charge in [-0.05, 0) is 44.6 Å². The zero-order valence-electron chi connectivity index (χ0n) is 12.0. The first kappa shape index (κ1) is 13.9. The van der Waals surface area contributed by atoms with E-state index in [2.05, 4.69) is 17.1 Å². The molecule has 1 aliphatic heterocycles. The molecule has 0 radical (unpaired) electrons. The molecule has 0 spiro atoms. The lowest BCUT2D eigenvalue weighted by Crippen LogP contribution is -2.41. The molecule has 0 unspecified atom stereocenters. The summed E-state index contributed by atoms with van der Waals surface area (Å²) >= 11 is 0. The molecule has 2 rings (SSSR count). The normalized spacial score (nSPS) is 32.8. The van der Waals surface area contributed by atoms with Gasteiger partial charge in [-0.25, -0.2) is 0 Å². The van der Waals surface area contributed by atoms with Gasteiger partial charge in [-0.2, -0.15) is 0 Å². The van der Waals surface area contributed by atoms with Gasteiger partial charge in [0, 0.05) is 25.6 Å². The second-order valence-corrected chi connectivity index (χ2v) is 6.28. The van der Waals surface area contributed by atoms with E-state index in [4.69, 9.17) is 0 Å². The van der Waals surface area contributed by atoms with E-state index in [1.807, 2.05) is 7.05 Å². The molecule has 18 heavy (non-hydrogen) atoms.